The number of H-pyrrole nitrogens is 1. The predicted molar refractivity (Wildman–Crippen MR) is 78.3 cm³/mol. The summed E-state index contributed by atoms with van der Waals surface area (Å²) >= 11 is 1.75. The number of nitrogens with zero attached hydrogens (tertiary/aromatic N) is 3. The van der Waals surface area contributed by atoms with E-state index in [1.54, 1.807) is 18.0 Å². The molecule has 5 heteroatoms. The Morgan fingerprint density at radius 2 is 2.16 bits per heavy atom. The highest BCUT2D eigenvalue weighted by atomic mass is 32.2. The minimum absolute atomic E-state index is 0.688. The number of pyridine rings is 1. The van der Waals surface area contributed by atoms with Gasteiger partial charge in [0, 0.05) is 17.6 Å². The van der Waals surface area contributed by atoms with Gasteiger partial charge in [0.05, 0.1) is 6.42 Å². The number of unbranched alkanes of at least 4 members (excludes halogenated alkanes) is 3. The Morgan fingerprint density at radius 1 is 1.21 bits per heavy atom. The number of hydrogen-bond acceptors (Lipinski definition) is 4. The van der Waals surface area contributed by atoms with Crippen molar-refractivity contribution in [3.05, 3.63) is 35.9 Å². The van der Waals surface area contributed by atoms with Gasteiger partial charge < -0.3 is 0 Å². The van der Waals surface area contributed by atoms with Gasteiger partial charge in [0.2, 0.25) is 0 Å². The van der Waals surface area contributed by atoms with E-state index in [1.807, 2.05) is 18.2 Å². The van der Waals surface area contributed by atoms with Crippen LogP contribution in [0.25, 0.3) is 0 Å². The van der Waals surface area contributed by atoms with E-state index in [-0.39, 0.29) is 0 Å². The molecule has 0 saturated carbocycles. The van der Waals surface area contributed by atoms with Crippen LogP contribution in [-0.2, 0) is 6.42 Å². The van der Waals surface area contributed by atoms with Crippen LogP contribution in [0.5, 0.6) is 0 Å². The molecule has 0 unspecified atom stereocenters. The quantitative estimate of drug-likeness (QED) is 0.592. The van der Waals surface area contributed by atoms with Crippen LogP contribution in [0.1, 0.15) is 44.1 Å². The molecule has 4 nitrogen and oxygen atoms in total. The van der Waals surface area contributed by atoms with Crippen LogP contribution in [0, 0.1) is 0 Å². The highest BCUT2D eigenvalue weighted by Crippen LogP contribution is 2.16. The second kappa shape index (κ2) is 7.94. The molecule has 0 spiro atoms. The summed E-state index contributed by atoms with van der Waals surface area (Å²) in [7, 11) is 0. The molecule has 0 aliphatic rings. The SMILES string of the molecule is CCCCCCSc1nc(Cc2ccccn2)n[nH]1. The molecule has 19 heavy (non-hydrogen) atoms. The van der Waals surface area contributed by atoms with E-state index in [0.29, 0.717) is 6.42 Å². The van der Waals surface area contributed by atoms with Gasteiger partial charge in [-0.1, -0.05) is 44.0 Å². The fourth-order valence-corrected chi connectivity index (χ4v) is 2.61. The number of nitrogens with one attached hydrogen (secondary N) is 1. The topological polar surface area (TPSA) is 54.5 Å². The molecular weight excluding hydrogens is 256 g/mol. The minimum Gasteiger partial charge on any atom is -0.261 e. The second-order valence-electron chi connectivity index (χ2n) is 4.46. The predicted octanol–water partition coefficient (Wildman–Crippen LogP) is 3.46. The van der Waals surface area contributed by atoms with Crippen LogP contribution in [-0.4, -0.2) is 25.9 Å². The maximum atomic E-state index is 4.48. The summed E-state index contributed by atoms with van der Waals surface area (Å²) in [6.45, 7) is 2.23. The maximum Gasteiger partial charge on any atom is 0.183 e. The van der Waals surface area contributed by atoms with Gasteiger partial charge in [-0.3, -0.25) is 10.1 Å². The Bertz CT molecular complexity index is 469. The third kappa shape index (κ3) is 5.03. The second-order valence-corrected chi connectivity index (χ2v) is 5.55. The fourth-order valence-electron chi connectivity index (χ4n) is 1.79. The standard InChI is InChI=1S/C14H20N4S/c1-2-3-4-7-10-19-14-16-13(17-18-14)11-12-8-5-6-9-15-12/h5-6,8-9H,2-4,7,10-11H2,1H3,(H,16,17,18). The summed E-state index contributed by atoms with van der Waals surface area (Å²) in [5.41, 5.74) is 1.00. The summed E-state index contributed by atoms with van der Waals surface area (Å²) in [6, 6.07) is 5.89. The van der Waals surface area contributed by atoms with Crippen molar-refractivity contribution >= 4 is 11.8 Å². The molecule has 0 aromatic carbocycles. The average Bonchev–Trinajstić information content (AvgIpc) is 2.87. The minimum atomic E-state index is 0.688. The van der Waals surface area contributed by atoms with Crippen molar-refractivity contribution in [2.75, 3.05) is 5.75 Å². The number of hydrogen-bond donors (Lipinski definition) is 1. The average molecular weight is 276 g/mol. The molecule has 0 bridgehead atoms. The Balaban J connectivity index is 1.76. The molecule has 2 heterocycles. The monoisotopic (exact) mass is 276 g/mol. The van der Waals surface area contributed by atoms with Crippen molar-refractivity contribution in [2.45, 2.75) is 44.2 Å². The molecule has 0 radical (unpaired) electrons. The number of thioether (sulfide) groups is 1. The van der Waals surface area contributed by atoms with Crippen molar-refractivity contribution in [1.82, 2.24) is 20.2 Å². The van der Waals surface area contributed by atoms with E-state index in [1.165, 1.54) is 25.7 Å². The third-order valence-electron chi connectivity index (χ3n) is 2.81. The Hall–Kier alpha value is -1.36. The van der Waals surface area contributed by atoms with Crippen LogP contribution in [0.4, 0.5) is 0 Å². The molecule has 2 aromatic rings. The number of aromatic amines is 1. The zero-order valence-electron chi connectivity index (χ0n) is 11.3. The van der Waals surface area contributed by atoms with E-state index in [2.05, 4.69) is 27.1 Å². The van der Waals surface area contributed by atoms with E-state index < -0.39 is 0 Å². The number of aromatic nitrogens is 4. The highest BCUT2D eigenvalue weighted by molar-refractivity contribution is 7.99. The fraction of sp³-hybridized carbons (Fsp3) is 0.500. The molecule has 0 amide bonds. The van der Waals surface area contributed by atoms with Crippen molar-refractivity contribution < 1.29 is 0 Å². The highest BCUT2D eigenvalue weighted by Gasteiger charge is 2.05. The van der Waals surface area contributed by atoms with Crippen LogP contribution < -0.4 is 0 Å². The summed E-state index contributed by atoms with van der Waals surface area (Å²) in [5.74, 6) is 1.92. The van der Waals surface area contributed by atoms with Crippen molar-refractivity contribution in [1.29, 1.82) is 0 Å². The number of rotatable bonds is 8. The first-order valence-electron chi connectivity index (χ1n) is 6.82. The van der Waals surface area contributed by atoms with Gasteiger partial charge in [0.1, 0.15) is 0 Å². The van der Waals surface area contributed by atoms with E-state index in [4.69, 9.17) is 0 Å². The first-order valence-corrected chi connectivity index (χ1v) is 7.81. The molecular formula is C14H20N4S. The van der Waals surface area contributed by atoms with Gasteiger partial charge in [-0.15, -0.1) is 0 Å². The largest absolute Gasteiger partial charge is 0.261 e. The third-order valence-corrected chi connectivity index (χ3v) is 3.76. The van der Waals surface area contributed by atoms with Crippen LogP contribution in [0.15, 0.2) is 29.6 Å². The van der Waals surface area contributed by atoms with Gasteiger partial charge in [-0.05, 0) is 18.6 Å². The van der Waals surface area contributed by atoms with Crippen molar-refractivity contribution in [3.8, 4) is 0 Å². The molecule has 1 N–H and O–H groups in total. The Morgan fingerprint density at radius 3 is 2.95 bits per heavy atom. The molecule has 0 saturated heterocycles. The van der Waals surface area contributed by atoms with Crippen LogP contribution in [0.2, 0.25) is 0 Å². The first kappa shape index (κ1) is 14.1. The molecule has 0 aliphatic carbocycles. The summed E-state index contributed by atoms with van der Waals surface area (Å²) in [6.07, 6.45) is 7.63. The molecule has 2 aromatic heterocycles. The van der Waals surface area contributed by atoms with Gasteiger partial charge >= 0.3 is 0 Å². The Kier molecular flexibility index (Phi) is 5.88. The lowest BCUT2D eigenvalue weighted by atomic mass is 10.2. The normalized spacial score (nSPS) is 10.8. The van der Waals surface area contributed by atoms with Crippen LogP contribution in [0.3, 0.4) is 0 Å². The van der Waals surface area contributed by atoms with Crippen molar-refractivity contribution in [3.63, 3.8) is 0 Å². The summed E-state index contributed by atoms with van der Waals surface area (Å²) in [5, 5.41) is 8.14. The molecule has 0 fully saturated rings. The molecule has 2 rings (SSSR count). The first-order chi connectivity index (χ1) is 9.38. The summed E-state index contributed by atoms with van der Waals surface area (Å²) < 4.78 is 0. The van der Waals surface area contributed by atoms with Gasteiger partial charge in [-0.2, -0.15) is 5.10 Å². The van der Waals surface area contributed by atoms with E-state index in [9.17, 15) is 0 Å². The lowest BCUT2D eigenvalue weighted by Crippen LogP contribution is -1.93. The molecule has 102 valence electrons. The van der Waals surface area contributed by atoms with Crippen LogP contribution >= 0.6 is 11.8 Å². The van der Waals surface area contributed by atoms with Gasteiger partial charge in [0.25, 0.3) is 0 Å². The lowest BCUT2D eigenvalue weighted by molar-refractivity contribution is 0.706. The Labute approximate surface area is 118 Å². The smallest absolute Gasteiger partial charge is 0.183 e. The molecule has 0 aliphatic heterocycles. The lowest BCUT2D eigenvalue weighted by Gasteiger charge is -1.97. The van der Waals surface area contributed by atoms with E-state index >= 15 is 0 Å². The van der Waals surface area contributed by atoms with Gasteiger partial charge in [0.15, 0.2) is 11.0 Å². The zero-order valence-corrected chi connectivity index (χ0v) is 12.1. The zero-order chi connectivity index (χ0) is 13.3. The van der Waals surface area contributed by atoms with Gasteiger partial charge in [-0.25, -0.2) is 4.98 Å². The molecule has 0 atom stereocenters. The van der Waals surface area contributed by atoms with Crippen molar-refractivity contribution in [2.24, 2.45) is 0 Å². The summed E-state index contributed by atoms with van der Waals surface area (Å²) in [4.78, 5) is 8.76. The maximum absolute atomic E-state index is 4.48. The van der Waals surface area contributed by atoms with E-state index in [0.717, 1.165) is 22.4 Å².